The zero-order valence-corrected chi connectivity index (χ0v) is 12.1. The van der Waals surface area contributed by atoms with E-state index in [4.69, 9.17) is 5.73 Å². The van der Waals surface area contributed by atoms with Gasteiger partial charge in [-0.25, -0.2) is 0 Å². The summed E-state index contributed by atoms with van der Waals surface area (Å²) in [7, 11) is 0. The second kappa shape index (κ2) is 5.68. The highest BCUT2D eigenvalue weighted by molar-refractivity contribution is 5.94. The van der Waals surface area contributed by atoms with E-state index in [1.807, 2.05) is 17.7 Å². The van der Waals surface area contributed by atoms with Crippen molar-refractivity contribution in [2.24, 2.45) is 11.8 Å². The molecule has 3 atom stereocenters. The molecule has 106 valence electrons. The van der Waals surface area contributed by atoms with Gasteiger partial charge in [-0.1, -0.05) is 20.3 Å². The molecule has 1 aliphatic carbocycles. The summed E-state index contributed by atoms with van der Waals surface area (Å²) in [6.45, 7) is 7.26. The van der Waals surface area contributed by atoms with E-state index in [-0.39, 0.29) is 5.91 Å². The molecule has 0 aromatic carbocycles. The van der Waals surface area contributed by atoms with Crippen LogP contribution < -0.4 is 11.1 Å². The number of rotatable bonds is 4. The Morgan fingerprint density at radius 1 is 1.47 bits per heavy atom. The average Bonchev–Trinajstić information content (AvgIpc) is 2.93. The van der Waals surface area contributed by atoms with Crippen LogP contribution in [0.5, 0.6) is 0 Å². The van der Waals surface area contributed by atoms with Crippen molar-refractivity contribution in [2.45, 2.75) is 52.6 Å². The maximum Gasteiger partial charge on any atom is 0.268 e. The van der Waals surface area contributed by atoms with Crippen LogP contribution in [-0.2, 0) is 6.54 Å². The summed E-state index contributed by atoms with van der Waals surface area (Å²) in [5.74, 6) is 1.32. The molecule has 4 heteroatoms. The predicted molar refractivity (Wildman–Crippen MR) is 78.0 cm³/mol. The average molecular weight is 263 g/mol. The summed E-state index contributed by atoms with van der Waals surface area (Å²) in [5.41, 5.74) is 7.10. The fraction of sp³-hybridized carbons (Fsp3) is 0.667. The summed E-state index contributed by atoms with van der Waals surface area (Å²) < 4.78 is 1.90. The highest BCUT2D eigenvalue weighted by atomic mass is 16.2. The van der Waals surface area contributed by atoms with E-state index in [1.165, 1.54) is 12.8 Å². The van der Waals surface area contributed by atoms with Crippen molar-refractivity contribution in [1.82, 2.24) is 9.88 Å². The number of nitrogens with one attached hydrogen (secondary N) is 1. The Hall–Kier alpha value is -1.45. The quantitative estimate of drug-likeness (QED) is 0.877. The lowest BCUT2D eigenvalue weighted by Crippen LogP contribution is -2.38. The lowest BCUT2D eigenvalue weighted by atomic mass is 9.93. The second-order valence-corrected chi connectivity index (χ2v) is 5.63. The maximum absolute atomic E-state index is 12.3. The van der Waals surface area contributed by atoms with Gasteiger partial charge < -0.3 is 15.6 Å². The molecule has 4 nitrogen and oxygen atoms in total. The minimum Gasteiger partial charge on any atom is -0.397 e. The first-order valence-corrected chi connectivity index (χ1v) is 7.33. The van der Waals surface area contributed by atoms with Gasteiger partial charge in [0, 0.05) is 18.8 Å². The zero-order valence-electron chi connectivity index (χ0n) is 12.1. The monoisotopic (exact) mass is 263 g/mol. The summed E-state index contributed by atoms with van der Waals surface area (Å²) in [5, 5.41) is 3.18. The molecule has 1 heterocycles. The molecule has 1 amide bonds. The number of carbonyl (C=O) groups is 1. The SMILES string of the molecule is CCC1CCC(NC(=O)c2cc(N)cn2CC)C1C. The largest absolute Gasteiger partial charge is 0.397 e. The Morgan fingerprint density at radius 3 is 2.79 bits per heavy atom. The van der Waals surface area contributed by atoms with Crippen molar-refractivity contribution >= 4 is 11.6 Å². The van der Waals surface area contributed by atoms with Gasteiger partial charge in [0.2, 0.25) is 0 Å². The highest BCUT2D eigenvalue weighted by Crippen LogP contribution is 2.34. The van der Waals surface area contributed by atoms with Crippen LogP contribution >= 0.6 is 0 Å². The molecule has 1 aliphatic rings. The van der Waals surface area contributed by atoms with Crippen LogP contribution in [0.15, 0.2) is 12.3 Å². The van der Waals surface area contributed by atoms with Crippen molar-refractivity contribution < 1.29 is 4.79 Å². The third-order valence-corrected chi connectivity index (χ3v) is 4.56. The number of carbonyl (C=O) groups excluding carboxylic acids is 1. The Morgan fingerprint density at radius 2 is 2.21 bits per heavy atom. The van der Waals surface area contributed by atoms with Crippen LogP contribution in [0.2, 0.25) is 0 Å². The van der Waals surface area contributed by atoms with E-state index in [9.17, 15) is 4.79 Å². The van der Waals surface area contributed by atoms with Gasteiger partial charge in [-0.3, -0.25) is 4.79 Å². The molecule has 3 unspecified atom stereocenters. The number of anilines is 1. The molecule has 1 aromatic rings. The second-order valence-electron chi connectivity index (χ2n) is 5.63. The van der Waals surface area contributed by atoms with Gasteiger partial charge in [0.25, 0.3) is 5.91 Å². The highest BCUT2D eigenvalue weighted by Gasteiger charge is 2.32. The summed E-state index contributed by atoms with van der Waals surface area (Å²) in [6.07, 6.45) is 5.33. The molecule has 0 radical (unpaired) electrons. The van der Waals surface area contributed by atoms with Crippen LogP contribution in [0.25, 0.3) is 0 Å². The molecule has 0 saturated heterocycles. The van der Waals surface area contributed by atoms with Crippen LogP contribution in [0.1, 0.15) is 50.5 Å². The van der Waals surface area contributed by atoms with Crippen molar-refractivity contribution in [3.8, 4) is 0 Å². The number of amides is 1. The maximum atomic E-state index is 12.3. The van der Waals surface area contributed by atoms with Gasteiger partial charge in [0.05, 0.1) is 5.69 Å². The molecular formula is C15H25N3O. The zero-order chi connectivity index (χ0) is 14.0. The van der Waals surface area contributed by atoms with E-state index >= 15 is 0 Å². The first-order valence-electron chi connectivity index (χ1n) is 7.33. The molecule has 1 fully saturated rings. The minimum atomic E-state index is 0.00662. The molecule has 0 spiro atoms. The van der Waals surface area contributed by atoms with Gasteiger partial charge in [0.1, 0.15) is 5.69 Å². The van der Waals surface area contributed by atoms with Crippen LogP contribution in [0.4, 0.5) is 5.69 Å². The molecule has 1 aromatic heterocycles. The summed E-state index contributed by atoms with van der Waals surface area (Å²) in [6, 6.07) is 2.06. The topological polar surface area (TPSA) is 60.1 Å². The fourth-order valence-electron chi connectivity index (χ4n) is 3.25. The minimum absolute atomic E-state index is 0.00662. The smallest absolute Gasteiger partial charge is 0.268 e. The molecule has 0 aliphatic heterocycles. The number of aromatic nitrogens is 1. The van der Waals surface area contributed by atoms with E-state index < -0.39 is 0 Å². The first kappa shape index (κ1) is 14.0. The number of nitrogens with zero attached hydrogens (tertiary/aromatic N) is 1. The van der Waals surface area contributed by atoms with Crippen molar-refractivity contribution in [3.05, 3.63) is 18.0 Å². The van der Waals surface area contributed by atoms with Crippen molar-refractivity contribution in [1.29, 1.82) is 0 Å². The van der Waals surface area contributed by atoms with Crippen LogP contribution in [0, 0.1) is 11.8 Å². The van der Waals surface area contributed by atoms with E-state index in [1.54, 1.807) is 6.07 Å². The van der Waals surface area contributed by atoms with Gasteiger partial charge in [-0.15, -0.1) is 0 Å². The Kier molecular flexibility index (Phi) is 4.17. The van der Waals surface area contributed by atoms with E-state index in [2.05, 4.69) is 19.2 Å². The van der Waals surface area contributed by atoms with Gasteiger partial charge >= 0.3 is 0 Å². The number of hydrogen-bond acceptors (Lipinski definition) is 2. The number of hydrogen-bond donors (Lipinski definition) is 2. The third-order valence-electron chi connectivity index (χ3n) is 4.56. The molecule has 2 rings (SSSR count). The summed E-state index contributed by atoms with van der Waals surface area (Å²) >= 11 is 0. The van der Waals surface area contributed by atoms with Gasteiger partial charge in [-0.05, 0) is 37.7 Å². The fourth-order valence-corrected chi connectivity index (χ4v) is 3.25. The molecule has 1 saturated carbocycles. The van der Waals surface area contributed by atoms with E-state index in [0.29, 0.717) is 23.3 Å². The van der Waals surface area contributed by atoms with Gasteiger partial charge in [0.15, 0.2) is 0 Å². The molecule has 3 N–H and O–H groups in total. The number of nitrogen functional groups attached to an aromatic ring is 1. The molecule has 0 bridgehead atoms. The van der Waals surface area contributed by atoms with Crippen molar-refractivity contribution in [3.63, 3.8) is 0 Å². The predicted octanol–water partition coefficient (Wildman–Crippen LogP) is 2.64. The number of aryl methyl sites for hydroxylation is 1. The normalized spacial score (nSPS) is 26.6. The Bertz CT molecular complexity index is 452. The standard InChI is InChI=1S/C15H25N3O/c1-4-11-6-7-13(10(11)3)17-15(19)14-8-12(16)9-18(14)5-2/h8-11,13H,4-7,16H2,1-3H3,(H,17,19). The van der Waals surface area contributed by atoms with E-state index in [0.717, 1.165) is 18.9 Å². The van der Waals surface area contributed by atoms with Gasteiger partial charge in [-0.2, -0.15) is 0 Å². The Balaban J connectivity index is 2.05. The third kappa shape index (κ3) is 2.77. The van der Waals surface area contributed by atoms with Crippen molar-refractivity contribution in [2.75, 3.05) is 5.73 Å². The van der Waals surface area contributed by atoms with Crippen LogP contribution in [0.3, 0.4) is 0 Å². The molecular weight excluding hydrogens is 238 g/mol. The number of nitrogens with two attached hydrogens (primary N) is 1. The van der Waals surface area contributed by atoms with Crippen LogP contribution in [-0.4, -0.2) is 16.5 Å². The summed E-state index contributed by atoms with van der Waals surface area (Å²) in [4.78, 5) is 12.3. The first-order chi connectivity index (χ1) is 9.06. The lowest BCUT2D eigenvalue weighted by molar-refractivity contribution is 0.0917. The Labute approximate surface area is 115 Å². The lowest BCUT2D eigenvalue weighted by Gasteiger charge is -2.21. The molecule has 19 heavy (non-hydrogen) atoms.